The molecule has 6 rings (SSSR count). The van der Waals surface area contributed by atoms with Crippen LogP contribution in [-0.2, 0) is 11.2 Å². The van der Waals surface area contributed by atoms with Gasteiger partial charge >= 0.3 is 0 Å². The second-order valence-corrected chi connectivity index (χ2v) is 10.2. The first kappa shape index (κ1) is 23.8. The Labute approximate surface area is 208 Å². The van der Waals surface area contributed by atoms with Gasteiger partial charge in [0, 0.05) is 48.1 Å². The summed E-state index contributed by atoms with van der Waals surface area (Å²) < 4.78 is 56.5. The number of carbonyl (C=O) groups is 2. The molecule has 4 aliphatic rings. The molecule has 2 aromatic rings. The lowest BCUT2D eigenvalue weighted by atomic mass is 9.71. The number of hydrogen-bond acceptors (Lipinski definition) is 6. The molecule has 2 saturated carbocycles. The molecule has 13 heteroatoms. The van der Waals surface area contributed by atoms with Gasteiger partial charge in [-0.15, -0.1) is 0 Å². The number of nitrogens with one attached hydrogen (secondary N) is 5. The molecule has 37 heavy (non-hydrogen) atoms. The normalized spacial score (nSPS) is 24.5. The third kappa shape index (κ3) is 3.75. The Morgan fingerprint density at radius 3 is 2.62 bits per heavy atom. The van der Waals surface area contributed by atoms with Crippen molar-refractivity contribution < 1.29 is 32.3 Å². The van der Waals surface area contributed by atoms with E-state index in [4.69, 9.17) is 0 Å². The summed E-state index contributed by atoms with van der Waals surface area (Å²) in [6, 6.07) is 3.02. The lowest BCUT2D eigenvalue weighted by Gasteiger charge is -2.48. The van der Waals surface area contributed by atoms with Crippen LogP contribution < -0.4 is 27.0 Å². The van der Waals surface area contributed by atoms with Gasteiger partial charge in [0.05, 0.1) is 11.2 Å². The predicted molar refractivity (Wildman–Crippen MR) is 122 cm³/mol. The van der Waals surface area contributed by atoms with Gasteiger partial charge in [0.2, 0.25) is 0 Å². The zero-order valence-electron chi connectivity index (χ0n) is 19.6. The maximum Gasteiger partial charge on any atom is 0.272 e. The number of fused-ring (bicyclic) bond motifs is 3. The summed E-state index contributed by atoms with van der Waals surface area (Å²) in [4.78, 5) is 26.5. The Kier molecular flexibility index (Phi) is 5.12. The first-order chi connectivity index (χ1) is 17.5. The molecule has 1 aromatic heterocycles. The average molecular weight is 520 g/mol. The van der Waals surface area contributed by atoms with Crippen LogP contribution in [0.2, 0.25) is 0 Å². The van der Waals surface area contributed by atoms with E-state index in [9.17, 15) is 32.3 Å². The number of alkyl halides is 2. The summed E-state index contributed by atoms with van der Waals surface area (Å²) in [6.07, 6.45) is -0.173. The fourth-order valence-electron chi connectivity index (χ4n) is 5.90. The molecule has 0 bridgehead atoms. The first-order valence-corrected chi connectivity index (χ1v) is 11.8. The van der Waals surface area contributed by atoms with E-state index in [1.807, 2.05) is 0 Å². The molecule has 2 aliphatic carbocycles. The van der Waals surface area contributed by atoms with E-state index < -0.39 is 53.9 Å². The minimum absolute atomic E-state index is 0.0325. The Bertz CT molecular complexity index is 1360. The monoisotopic (exact) mass is 520 g/mol. The first-order valence-electron chi connectivity index (χ1n) is 11.8. The van der Waals surface area contributed by atoms with Gasteiger partial charge in [-0.05, 0) is 43.4 Å². The van der Waals surface area contributed by atoms with Gasteiger partial charge in [0.1, 0.15) is 5.69 Å². The Hall–Kier alpha value is -3.58. The highest BCUT2D eigenvalue weighted by Gasteiger charge is 2.60. The summed E-state index contributed by atoms with van der Waals surface area (Å²) in [7, 11) is 0. The van der Waals surface area contributed by atoms with Crippen molar-refractivity contribution in [2.45, 2.75) is 56.2 Å². The number of hydrogen-bond donors (Lipinski definition) is 6. The molecular weight excluding hydrogens is 496 g/mol. The van der Waals surface area contributed by atoms with Crippen molar-refractivity contribution in [3.05, 3.63) is 64.2 Å². The van der Waals surface area contributed by atoms with Crippen LogP contribution in [0.1, 0.15) is 58.7 Å². The van der Waals surface area contributed by atoms with E-state index >= 15 is 0 Å². The highest BCUT2D eigenvalue weighted by molar-refractivity contribution is 6.05. The smallest absolute Gasteiger partial charge is 0.272 e. The predicted octanol–water partition coefficient (Wildman–Crippen LogP) is 2.22. The standard InChI is InChI=1S/C24H24F4N6O3/c1-10-18(20(35)22(37)31-23(8-24(27,28)9-23)17-7-29-33-32-17)16-5-11-4-15(11)34(16)19(10)21(36)30-12-2-3-13(25)14(26)6-12/h2-3,6-7,11,15,20,29,32-33,35H,4-5,8-9H2,1H3,(H,30,36)(H,31,37)/t11-,15-,20?/m1/s1. The van der Waals surface area contributed by atoms with Gasteiger partial charge in [0.15, 0.2) is 17.7 Å². The minimum atomic E-state index is -2.97. The zero-order chi connectivity index (χ0) is 26.3. The van der Waals surface area contributed by atoms with Crippen LogP contribution >= 0.6 is 0 Å². The molecule has 3 atom stereocenters. The van der Waals surface area contributed by atoms with Crippen molar-refractivity contribution in [1.29, 1.82) is 0 Å². The molecule has 2 fully saturated rings. The second-order valence-electron chi connectivity index (χ2n) is 10.2. The molecule has 0 radical (unpaired) electrons. The van der Waals surface area contributed by atoms with Gasteiger partial charge in [-0.2, -0.15) is 5.53 Å². The summed E-state index contributed by atoms with van der Waals surface area (Å²) in [5, 5.41) is 16.3. The zero-order valence-corrected chi connectivity index (χ0v) is 19.6. The van der Waals surface area contributed by atoms with Crippen molar-refractivity contribution in [3.8, 4) is 0 Å². The van der Waals surface area contributed by atoms with Gasteiger partial charge in [0.25, 0.3) is 17.7 Å². The van der Waals surface area contributed by atoms with Crippen molar-refractivity contribution in [1.82, 2.24) is 26.3 Å². The van der Waals surface area contributed by atoms with Crippen LogP contribution in [-0.4, -0.2) is 32.9 Å². The fourth-order valence-corrected chi connectivity index (χ4v) is 5.90. The number of halogens is 4. The maximum atomic E-state index is 13.9. The number of aliphatic hydroxyl groups is 1. The van der Waals surface area contributed by atoms with Crippen LogP contribution in [0.5, 0.6) is 0 Å². The quantitative estimate of drug-likeness (QED) is 0.325. The van der Waals surface area contributed by atoms with E-state index in [-0.39, 0.29) is 28.9 Å². The number of benzene rings is 1. The fraction of sp³-hybridized carbons (Fsp3) is 0.417. The number of anilines is 1. The van der Waals surface area contributed by atoms with Gasteiger partial charge in [-0.3, -0.25) is 9.59 Å². The third-order valence-electron chi connectivity index (χ3n) is 7.67. The van der Waals surface area contributed by atoms with Gasteiger partial charge in [-0.1, -0.05) is 0 Å². The van der Waals surface area contributed by atoms with Crippen molar-refractivity contribution in [2.24, 2.45) is 5.92 Å². The van der Waals surface area contributed by atoms with E-state index in [0.29, 0.717) is 23.4 Å². The molecule has 3 heterocycles. The molecule has 0 spiro atoms. The number of aromatic nitrogens is 1. The van der Waals surface area contributed by atoms with Gasteiger partial charge in [-0.25, -0.2) is 17.6 Å². The largest absolute Gasteiger partial charge is 0.378 e. The van der Waals surface area contributed by atoms with Crippen LogP contribution in [0.15, 0.2) is 30.1 Å². The molecule has 0 saturated heterocycles. The third-order valence-corrected chi connectivity index (χ3v) is 7.67. The summed E-state index contributed by atoms with van der Waals surface area (Å²) in [6.45, 7) is 1.59. The Morgan fingerprint density at radius 2 is 1.97 bits per heavy atom. The molecule has 2 aliphatic heterocycles. The van der Waals surface area contributed by atoms with Crippen molar-refractivity contribution in [3.63, 3.8) is 0 Å². The topological polar surface area (TPSA) is 119 Å². The van der Waals surface area contributed by atoms with Crippen LogP contribution in [0.4, 0.5) is 23.2 Å². The SMILES string of the molecule is Cc1c(C(O)C(=O)NC2(C3=CNNN3)CC(F)(F)C2)c2n(c1C(=O)Nc1ccc(F)c(F)c1)[C@@H]1C[C@@H]1C2. The highest BCUT2D eigenvalue weighted by atomic mass is 19.3. The molecule has 2 amide bonds. The number of rotatable bonds is 6. The lowest BCUT2D eigenvalue weighted by Crippen LogP contribution is -2.65. The maximum absolute atomic E-state index is 13.9. The Balaban J connectivity index is 1.30. The molecule has 196 valence electrons. The van der Waals surface area contributed by atoms with Gasteiger partial charge < -0.3 is 31.2 Å². The summed E-state index contributed by atoms with van der Waals surface area (Å²) in [5.74, 6) is -6.33. The number of aliphatic hydroxyl groups excluding tert-OH is 1. The van der Waals surface area contributed by atoms with Crippen LogP contribution in [0.25, 0.3) is 0 Å². The average Bonchev–Trinajstić information content (AvgIpc) is 3.13. The molecule has 1 unspecified atom stereocenters. The van der Waals surface area contributed by atoms with Crippen molar-refractivity contribution >= 4 is 17.5 Å². The lowest BCUT2D eigenvalue weighted by molar-refractivity contribution is -0.147. The summed E-state index contributed by atoms with van der Waals surface area (Å²) in [5.41, 5.74) is 8.31. The molecule has 1 aromatic carbocycles. The van der Waals surface area contributed by atoms with E-state index in [1.165, 1.54) is 12.3 Å². The number of nitrogens with zero attached hydrogens (tertiary/aromatic N) is 1. The number of hydrazine groups is 2. The van der Waals surface area contributed by atoms with Crippen LogP contribution in [0.3, 0.4) is 0 Å². The van der Waals surface area contributed by atoms with E-state index in [2.05, 4.69) is 27.0 Å². The van der Waals surface area contributed by atoms with E-state index in [0.717, 1.165) is 18.6 Å². The Morgan fingerprint density at radius 1 is 1.22 bits per heavy atom. The minimum Gasteiger partial charge on any atom is -0.378 e. The number of amides is 2. The molecule has 6 N–H and O–H groups in total. The second kappa shape index (κ2) is 7.96. The molecular formula is C24H24F4N6O3. The molecule has 9 nitrogen and oxygen atoms in total. The summed E-state index contributed by atoms with van der Waals surface area (Å²) >= 11 is 0. The number of carbonyl (C=O) groups excluding carboxylic acids is 2. The van der Waals surface area contributed by atoms with Crippen LogP contribution in [0, 0.1) is 24.5 Å². The van der Waals surface area contributed by atoms with Crippen molar-refractivity contribution in [2.75, 3.05) is 5.32 Å². The highest BCUT2D eigenvalue weighted by Crippen LogP contribution is 2.55. The van der Waals surface area contributed by atoms with E-state index in [1.54, 1.807) is 11.5 Å².